The van der Waals surface area contributed by atoms with Gasteiger partial charge in [0.2, 0.25) is 0 Å². The number of benzene rings is 2. The molecule has 1 fully saturated rings. The molecule has 2 heterocycles. The average Bonchev–Trinajstić information content (AvgIpc) is 3.26. The number of rotatable bonds is 3. The van der Waals surface area contributed by atoms with Gasteiger partial charge in [0, 0.05) is 27.1 Å². The van der Waals surface area contributed by atoms with E-state index in [1.165, 1.54) is 11.8 Å². The second kappa shape index (κ2) is 8.17. The molecule has 1 amide bonds. The first kappa shape index (κ1) is 19.3. The van der Waals surface area contributed by atoms with Gasteiger partial charge >= 0.3 is 0 Å². The monoisotopic (exact) mass is 491 g/mol. The van der Waals surface area contributed by atoms with Crippen molar-refractivity contribution < 1.29 is 4.79 Å². The van der Waals surface area contributed by atoms with Crippen molar-refractivity contribution in [2.75, 3.05) is 0 Å². The number of halogens is 3. The number of hydrogen-bond donors (Lipinski definition) is 1. The Hall–Kier alpha value is -1.99. The van der Waals surface area contributed by atoms with Crippen LogP contribution in [0.5, 0.6) is 0 Å². The minimum atomic E-state index is -0.184. The van der Waals surface area contributed by atoms with Crippen molar-refractivity contribution in [2.24, 2.45) is 4.99 Å². The molecule has 1 aliphatic heterocycles. The van der Waals surface area contributed by atoms with E-state index in [1.807, 2.05) is 65.4 Å². The zero-order chi connectivity index (χ0) is 19.7. The molecule has 0 atom stereocenters. The maximum Gasteiger partial charge on any atom is 0.264 e. The fourth-order valence-electron chi connectivity index (χ4n) is 2.64. The highest BCUT2D eigenvalue weighted by Gasteiger charge is 2.24. The fourth-order valence-corrected chi connectivity index (χ4v) is 4.01. The van der Waals surface area contributed by atoms with Gasteiger partial charge < -0.3 is 9.88 Å². The summed E-state index contributed by atoms with van der Waals surface area (Å²) in [4.78, 5) is 17.4. The van der Waals surface area contributed by atoms with E-state index < -0.39 is 0 Å². The van der Waals surface area contributed by atoms with E-state index in [2.05, 4.69) is 26.2 Å². The van der Waals surface area contributed by atoms with Crippen molar-refractivity contribution >= 4 is 73.7 Å². The number of amides is 1. The van der Waals surface area contributed by atoms with Crippen LogP contribution >= 0.6 is 50.9 Å². The molecule has 1 saturated heterocycles. The molecule has 3 aromatic rings. The van der Waals surface area contributed by atoms with E-state index in [0.29, 0.717) is 25.8 Å². The maximum atomic E-state index is 12.4. The number of carbonyl (C=O) groups is 1. The van der Waals surface area contributed by atoms with E-state index in [-0.39, 0.29) is 5.91 Å². The lowest BCUT2D eigenvalue weighted by Gasteiger charge is -2.06. The van der Waals surface area contributed by atoms with Crippen molar-refractivity contribution in [1.29, 1.82) is 0 Å². The Bertz CT molecular complexity index is 1120. The first-order chi connectivity index (χ1) is 13.5. The van der Waals surface area contributed by atoms with Crippen LogP contribution in [-0.4, -0.2) is 15.6 Å². The van der Waals surface area contributed by atoms with Gasteiger partial charge in [-0.2, -0.15) is 0 Å². The summed E-state index contributed by atoms with van der Waals surface area (Å²) in [5.41, 5.74) is 2.51. The van der Waals surface area contributed by atoms with Crippen molar-refractivity contribution in [1.82, 2.24) is 9.88 Å². The lowest BCUT2D eigenvalue weighted by atomic mass is 10.3. The highest BCUT2D eigenvalue weighted by atomic mass is 79.9. The van der Waals surface area contributed by atoms with Crippen molar-refractivity contribution in [3.63, 3.8) is 0 Å². The third-order valence-electron chi connectivity index (χ3n) is 3.95. The Morgan fingerprint density at radius 1 is 1.11 bits per heavy atom. The van der Waals surface area contributed by atoms with E-state index in [0.717, 1.165) is 15.9 Å². The van der Waals surface area contributed by atoms with Crippen molar-refractivity contribution in [3.05, 3.63) is 85.9 Å². The number of hydrogen-bond acceptors (Lipinski definition) is 3. The lowest BCUT2D eigenvalue weighted by Crippen LogP contribution is -2.19. The van der Waals surface area contributed by atoms with Gasteiger partial charge in [-0.1, -0.05) is 23.2 Å². The van der Waals surface area contributed by atoms with Gasteiger partial charge in [0.1, 0.15) is 0 Å². The Morgan fingerprint density at radius 3 is 2.64 bits per heavy atom. The Morgan fingerprint density at radius 2 is 1.89 bits per heavy atom. The molecule has 4 nitrogen and oxygen atoms in total. The number of aromatic nitrogens is 1. The van der Waals surface area contributed by atoms with E-state index in [9.17, 15) is 4.79 Å². The number of amidine groups is 1. The molecule has 28 heavy (non-hydrogen) atoms. The quantitative estimate of drug-likeness (QED) is 0.427. The van der Waals surface area contributed by atoms with E-state index in [4.69, 9.17) is 23.2 Å². The molecule has 1 N–H and O–H groups in total. The molecule has 1 aromatic heterocycles. The lowest BCUT2D eigenvalue weighted by molar-refractivity contribution is -0.115. The van der Waals surface area contributed by atoms with Gasteiger partial charge in [-0.3, -0.25) is 4.79 Å². The van der Waals surface area contributed by atoms with Crippen LogP contribution in [0.1, 0.15) is 5.69 Å². The molecule has 0 bridgehead atoms. The Balaban J connectivity index is 1.61. The van der Waals surface area contributed by atoms with Gasteiger partial charge in [-0.15, -0.1) is 0 Å². The van der Waals surface area contributed by atoms with Crippen LogP contribution < -0.4 is 5.32 Å². The van der Waals surface area contributed by atoms with Gasteiger partial charge in [-0.05, 0) is 88.4 Å². The van der Waals surface area contributed by atoms with Crippen LogP contribution in [0.25, 0.3) is 11.8 Å². The standard InChI is InChI=1S/C20H12BrCl2N3OS/c21-16-8-5-13(10-17(16)23)24-20-25-19(27)18(28-20)11-15-2-1-9-26(15)14-6-3-12(22)4-7-14/h1-11H,(H,24,25,27)/b18-11-. The maximum absolute atomic E-state index is 12.4. The fraction of sp³-hybridized carbons (Fsp3) is 0. The first-order valence-electron chi connectivity index (χ1n) is 8.17. The van der Waals surface area contributed by atoms with Gasteiger partial charge in [0.15, 0.2) is 5.17 Å². The van der Waals surface area contributed by atoms with Crippen LogP contribution in [-0.2, 0) is 4.79 Å². The summed E-state index contributed by atoms with van der Waals surface area (Å²) < 4.78 is 2.78. The minimum Gasteiger partial charge on any atom is -0.317 e. The molecular formula is C20H12BrCl2N3OS. The number of aliphatic imine (C=N–C) groups is 1. The van der Waals surface area contributed by atoms with Crippen LogP contribution in [0.3, 0.4) is 0 Å². The molecule has 140 valence electrons. The van der Waals surface area contributed by atoms with Crippen LogP contribution in [0.15, 0.2) is 75.2 Å². The molecule has 0 aliphatic carbocycles. The molecule has 1 aliphatic rings. The number of nitrogens with one attached hydrogen (secondary N) is 1. The third-order valence-corrected chi connectivity index (χ3v) is 6.34. The third kappa shape index (κ3) is 4.20. The number of nitrogens with zero attached hydrogens (tertiary/aromatic N) is 2. The first-order valence-corrected chi connectivity index (χ1v) is 10.5. The van der Waals surface area contributed by atoms with Crippen molar-refractivity contribution in [3.8, 4) is 5.69 Å². The molecule has 0 saturated carbocycles. The van der Waals surface area contributed by atoms with Gasteiger partial charge in [0.05, 0.1) is 15.6 Å². The second-order valence-electron chi connectivity index (χ2n) is 5.86. The molecule has 0 unspecified atom stereocenters. The molecule has 2 aromatic carbocycles. The second-order valence-corrected chi connectivity index (χ2v) is 8.59. The molecular weight excluding hydrogens is 481 g/mol. The summed E-state index contributed by atoms with van der Waals surface area (Å²) in [5.74, 6) is -0.184. The predicted octanol–water partition coefficient (Wildman–Crippen LogP) is 6.44. The topological polar surface area (TPSA) is 46.4 Å². The Kier molecular flexibility index (Phi) is 5.64. The normalized spacial score (nSPS) is 16.8. The summed E-state index contributed by atoms with van der Waals surface area (Å²) >= 11 is 16.7. The summed E-state index contributed by atoms with van der Waals surface area (Å²) in [6.07, 6.45) is 3.78. The van der Waals surface area contributed by atoms with E-state index >= 15 is 0 Å². The van der Waals surface area contributed by atoms with Crippen LogP contribution in [0.4, 0.5) is 5.69 Å². The SMILES string of the molecule is O=C1NC(=Nc2ccc(Br)c(Cl)c2)S/C1=C\c1cccn1-c1ccc(Cl)cc1. The van der Waals surface area contributed by atoms with Crippen molar-refractivity contribution in [2.45, 2.75) is 0 Å². The zero-order valence-corrected chi connectivity index (χ0v) is 18.1. The van der Waals surface area contributed by atoms with Crippen LogP contribution in [0.2, 0.25) is 10.0 Å². The largest absolute Gasteiger partial charge is 0.317 e. The number of carbonyl (C=O) groups excluding carboxylic acids is 1. The highest BCUT2D eigenvalue weighted by Crippen LogP contribution is 2.31. The van der Waals surface area contributed by atoms with E-state index in [1.54, 1.807) is 6.07 Å². The molecule has 0 spiro atoms. The Labute approximate surface area is 184 Å². The zero-order valence-electron chi connectivity index (χ0n) is 14.2. The summed E-state index contributed by atoms with van der Waals surface area (Å²) in [6.45, 7) is 0. The molecule has 4 rings (SSSR count). The number of thioether (sulfide) groups is 1. The average molecular weight is 493 g/mol. The summed E-state index contributed by atoms with van der Waals surface area (Å²) in [6, 6.07) is 16.8. The highest BCUT2D eigenvalue weighted by molar-refractivity contribution is 9.10. The predicted molar refractivity (Wildman–Crippen MR) is 121 cm³/mol. The summed E-state index contributed by atoms with van der Waals surface area (Å²) in [7, 11) is 0. The molecule has 8 heteroatoms. The smallest absolute Gasteiger partial charge is 0.264 e. The summed E-state index contributed by atoms with van der Waals surface area (Å²) in [5, 5.41) is 4.54. The van der Waals surface area contributed by atoms with Crippen LogP contribution in [0, 0.1) is 0 Å². The van der Waals surface area contributed by atoms with Gasteiger partial charge in [0.25, 0.3) is 5.91 Å². The minimum absolute atomic E-state index is 0.184. The van der Waals surface area contributed by atoms with Gasteiger partial charge in [-0.25, -0.2) is 4.99 Å². The molecule has 0 radical (unpaired) electrons.